The van der Waals surface area contributed by atoms with Crippen molar-refractivity contribution >= 4 is 5.91 Å². The van der Waals surface area contributed by atoms with Crippen molar-refractivity contribution in [3.63, 3.8) is 0 Å². The second kappa shape index (κ2) is 8.03. The molecule has 1 atom stereocenters. The number of aryl methyl sites for hydroxylation is 1. The van der Waals surface area contributed by atoms with Gasteiger partial charge in [0.2, 0.25) is 0 Å². The zero-order chi connectivity index (χ0) is 20.4. The van der Waals surface area contributed by atoms with Gasteiger partial charge in [-0.2, -0.15) is 0 Å². The summed E-state index contributed by atoms with van der Waals surface area (Å²) in [4.78, 5) is 27.4. The van der Waals surface area contributed by atoms with Gasteiger partial charge in [0.25, 0.3) is 5.91 Å². The van der Waals surface area contributed by atoms with Gasteiger partial charge in [0, 0.05) is 43.2 Å². The lowest BCUT2D eigenvalue weighted by atomic mass is 9.89. The van der Waals surface area contributed by atoms with Crippen LogP contribution in [0.15, 0.2) is 48.9 Å². The number of aromatic nitrogens is 3. The standard InChI is InChI=1S/C22H20F2N4O/c1-14-26-12-17(15-7-9-25-10-8-15)21(27-14)16-4-3-11-28(13-16)22(29)20-18(23)5-2-6-19(20)24/h2,5-10,12,16H,3-4,11,13H2,1H3. The quantitative estimate of drug-likeness (QED) is 0.670. The highest BCUT2D eigenvalue weighted by Crippen LogP contribution is 2.33. The summed E-state index contributed by atoms with van der Waals surface area (Å²) in [7, 11) is 0. The smallest absolute Gasteiger partial charge is 0.259 e. The number of likely N-dealkylation sites (tertiary alicyclic amines) is 1. The predicted molar refractivity (Wildman–Crippen MR) is 104 cm³/mol. The fourth-order valence-electron chi connectivity index (χ4n) is 3.80. The number of carbonyl (C=O) groups excluding carboxylic acids is 1. The molecule has 1 aliphatic heterocycles. The molecule has 0 bridgehead atoms. The number of piperidine rings is 1. The third-order valence-electron chi connectivity index (χ3n) is 5.20. The van der Waals surface area contributed by atoms with E-state index in [1.54, 1.807) is 18.6 Å². The molecule has 1 aromatic carbocycles. The molecule has 1 saturated heterocycles. The Hall–Kier alpha value is -3.22. The minimum absolute atomic E-state index is 0.0487. The third-order valence-corrected chi connectivity index (χ3v) is 5.20. The molecule has 3 heterocycles. The summed E-state index contributed by atoms with van der Waals surface area (Å²) in [5.74, 6) is -1.71. The summed E-state index contributed by atoms with van der Waals surface area (Å²) in [6, 6.07) is 7.24. The molecule has 2 aromatic heterocycles. The Morgan fingerprint density at radius 3 is 2.59 bits per heavy atom. The van der Waals surface area contributed by atoms with Crippen LogP contribution in [0.5, 0.6) is 0 Å². The number of pyridine rings is 1. The van der Waals surface area contributed by atoms with Crippen molar-refractivity contribution in [1.29, 1.82) is 0 Å². The molecule has 7 heteroatoms. The molecule has 0 spiro atoms. The molecule has 0 N–H and O–H groups in total. The average Bonchev–Trinajstić information content (AvgIpc) is 2.74. The lowest BCUT2D eigenvalue weighted by Crippen LogP contribution is -2.40. The van der Waals surface area contributed by atoms with Crippen LogP contribution in [0.3, 0.4) is 0 Å². The van der Waals surface area contributed by atoms with E-state index in [9.17, 15) is 13.6 Å². The predicted octanol–water partition coefficient (Wildman–Crippen LogP) is 4.15. The molecule has 1 aliphatic rings. The first kappa shape index (κ1) is 19.1. The largest absolute Gasteiger partial charge is 0.338 e. The highest BCUT2D eigenvalue weighted by atomic mass is 19.1. The Balaban J connectivity index is 1.66. The van der Waals surface area contributed by atoms with E-state index >= 15 is 0 Å². The minimum atomic E-state index is -0.840. The van der Waals surface area contributed by atoms with Crippen molar-refractivity contribution in [2.45, 2.75) is 25.7 Å². The van der Waals surface area contributed by atoms with Crippen molar-refractivity contribution in [3.8, 4) is 11.1 Å². The fraction of sp³-hybridized carbons (Fsp3) is 0.273. The van der Waals surface area contributed by atoms with Crippen LogP contribution in [0.2, 0.25) is 0 Å². The van der Waals surface area contributed by atoms with Gasteiger partial charge >= 0.3 is 0 Å². The van der Waals surface area contributed by atoms with Gasteiger partial charge in [-0.15, -0.1) is 0 Å². The summed E-state index contributed by atoms with van der Waals surface area (Å²) >= 11 is 0. The number of carbonyl (C=O) groups is 1. The van der Waals surface area contributed by atoms with E-state index in [4.69, 9.17) is 0 Å². The zero-order valence-corrected chi connectivity index (χ0v) is 16.0. The molecule has 4 rings (SSSR count). The first-order valence-electron chi connectivity index (χ1n) is 9.52. The van der Waals surface area contributed by atoms with Gasteiger partial charge in [-0.3, -0.25) is 9.78 Å². The topological polar surface area (TPSA) is 59.0 Å². The van der Waals surface area contributed by atoms with Crippen LogP contribution in [0.4, 0.5) is 8.78 Å². The van der Waals surface area contributed by atoms with Crippen LogP contribution in [0.1, 0.15) is 40.6 Å². The highest BCUT2D eigenvalue weighted by molar-refractivity contribution is 5.95. The van der Waals surface area contributed by atoms with Crippen LogP contribution >= 0.6 is 0 Å². The van der Waals surface area contributed by atoms with Gasteiger partial charge in [-0.1, -0.05) is 6.07 Å². The molecule has 1 amide bonds. The maximum absolute atomic E-state index is 14.1. The lowest BCUT2D eigenvalue weighted by molar-refractivity contribution is 0.0696. The van der Waals surface area contributed by atoms with Crippen molar-refractivity contribution in [2.75, 3.05) is 13.1 Å². The van der Waals surface area contributed by atoms with Crippen molar-refractivity contribution in [2.24, 2.45) is 0 Å². The van der Waals surface area contributed by atoms with E-state index in [0.29, 0.717) is 18.9 Å². The number of rotatable bonds is 3. The van der Waals surface area contributed by atoms with Gasteiger partial charge in [-0.25, -0.2) is 18.7 Å². The first-order valence-corrected chi connectivity index (χ1v) is 9.52. The van der Waals surface area contributed by atoms with Crippen molar-refractivity contribution in [3.05, 3.63) is 77.6 Å². The number of hydrogen-bond donors (Lipinski definition) is 0. The second-order valence-corrected chi connectivity index (χ2v) is 7.14. The van der Waals surface area contributed by atoms with Crippen molar-refractivity contribution in [1.82, 2.24) is 19.9 Å². The molecule has 3 aromatic rings. The number of hydrogen-bond acceptors (Lipinski definition) is 4. The maximum atomic E-state index is 14.1. The van der Waals surface area contributed by atoms with E-state index < -0.39 is 23.1 Å². The summed E-state index contributed by atoms with van der Waals surface area (Å²) in [5.41, 5.74) is 2.17. The van der Waals surface area contributed by atoms with Gasteiger partial charge in [0.15, 0.2) is 0 Å². The Morgan fingerprint density at radius 1 is 1.14 bits per heavy atom. The normalized spacial score (nSPS) is 16.7. The lowest BCUT2D eigenvalue weighted by Gasteiger charge is -2.33. The SMILES string of the molecule is Cc1ncc(-c2ccncc2)c(C2CCCN(C(=O)c3c(F)cccc3F)C2)n1. The Bertz CT molecular complexity index is 1020. The Morgan fingerprint density at radius 2 is 1.86 bits per heavy atom. The number of amides is 1. The molecule has 1 fully saturated rings. The first-order chi connectivity index (χ1) is 14.0. The van der Waals surface area contributed by atoms with Crippen LogP contribution in [-0.4, -0.2) is 38.8 Å². The van der Waals surface area contributed by atoms with Gasteiger partial charge in [0.1, 0.15) is 23.0 Å². The monoisotopic (exact) mass is 394 g/mol. The number of halogens is 2. The molecular formula is C22H20F2N4O. The molecule has 0 radical (unpaired) electrons. The van der Waals surface area contributed by atoms with E-state index in [-0.39, 0.29) is 5.92 Å². The van der Waals surface area contributed by atoms with Crippen molar-refractivity contribution < 1.29 is 13.6 Å². The van der Waals surface area contributed by atoms with E-state index in [2.05, 4.69) is 15.0 Å². The summed E-state index contributed by atoms with van der Waals surface area (Å²) in [5, 5.41) is 0. The third kappa shape index (κ3) is 3.85. The minimum Gasteiger partial charge on any atom is -0.338 e. The number of nitrogens with zero attached hydrogens (tertiary/aromatic N) is 4. The molecule has 5 nitrogen and oxygen atoms in total. The second-order valence-electron chi connectivity index (χ2n) is 7.14. The molecule has 148 valence electrons. The van der Waals surface area contributed by atoms with E-state index in [1.165, 1.54) is 11.0 Å². The van der Waals surface area contributed by atoms with Crippen LogP contribution in [0, 0.1) is 18.6 Å². The van der Waals surface area contributed by atoms with Gasteiger partial charge < -0.3 is 4.90 Å². The fourth-order valence-corrected chi connectivity index (χ4v) is 3.80. The van der Waals surface area contributed by atoms with E-state index in [0.717, 1.165) is 41.8 Å². The van der Waals surface area contributed by atoms with Crippen LogP contribution < -0.4 is 0 Å². The number of benzene rings is 1. The average molecular weight is 394 g/mol. The van der Waals surface area contributed by atoms with Crippen LogP contribution in [-0.2, 0) is 0 Å². The van der Waals surface area contributed by atoms with Gasteiger partial charge in [0.05, 0.1) is 5.69 Å². The molecule has 0 saturated carbocycles. The Kier molecular flexibility index (Phi) is 5.29. The highest BCUT2D eigenvalue weighted by Gasteiger charge is 2.30. The molecular weight excluding hydrogens is 374 g/mol. The summed E-state index contributed by atoms with van der Waals surface area (Å²) in [6.07, 6.45) is 6.75. The maximum Gasteiger partial charge on any atom is 0.259 e. The van der Waals surface area contributed by atoms with Crippen LogP contribution in [0.25, 0.3) is 11.1 Å². The summed E-state index contributed by atoms with van der Waals surface area (Å²) in [6.45, 7) is 2.62. The zero-order valence-electron chi connectivity index (χ0n) is 16.0. The molecule has 0 aliphatic carbocycles. The van der Waals surface area contributed by atoms with Gasteiger partial charge in [-0.05, 0) is 49.6 Å². The molecule has 1 unspecified atom stereocenters. The molecule has 29 heavy (non-hydrogen) atoms. The summed E-state index contributed by atoms with van der Waals surface area (Å²) < 4.78 is 28.2. The van der Waals surface area contributed by atoms with E-state index in [1.807, 2.05) is 19.1 Å². The Labute approximate surface area is 167 Å².